The van der Waals surface area contributed by atoms with Gasteiger partial charge in [-0.25, -0.2) is 8.42 Å². The van der Waals surface area contributed by atoms with Crippen LogP contribution in [0.15, 0.2) is 42.5 Å². The second-order valence-corrected chi connectivity index (χ2v) is 8.49. The molecule has 0 fully saturated rings. The average Bonchev–Trinajstić information content (AvgIpc) is 2.49. The average molecular weight is 375 g/mol. The van der Waals surface area contributed by atoms with Gasteiger partial charge in [0.25, 0.3) is 0 Å². The minimum Gasteiger partial charge on any atom is -0.481 e. The molecular formula is C16H16Cl2O4S. The van der Waals surface area contributed by atoms with Gasteiger partial charge in [-0.15, -0.1) is 0 Å². The molecule has 0 radical (unpaired) electrons. The van der Waals surface area contributed by atoms with Crippen LogP contribution in [0.25, 0.3) is 0 Å². The van der Waals surface area contributed by atoms with Gasteiger partial charge in [-0.3, -0.25) is 4.79 Å². The van der Waals surface area contributed by atoms with E-state index >= 15 is 0 Å². The minimum absolute atomic E-state index is 0.151. The number of carboxylic acid groups (broad SMARTS) is 1. The topological polar surface area (TPSA) is 71.4 Å². The van der Waals surface area contributed by atoms with Crippen molar-refractivity contribution in [1.82, 2.24) is 0 Å². The first kappa shape index (κ1) is 18.0. The van der Waals surface area contributed by atoms with E-state index in [-0.39, 0.29) is 17.2 Å². The van der Waals surface area contributed by atoms with Gasteiger partial charge in [0.1, 0.15) is 4.75 Å². The van der Waals surface area contributed by atoms with Crippen molar-refractivity contribution in [1.29, 1.82) is 0 Å². The monoisotopic (exact) mass is 374 g/mol. The Morgan fingerprint density at radius 2 is 2.00 bits per heavy atom. The number of rotatable bonds is 5. The molecule has 0 heterocycles. The van der Waals surface area contributed by atoms with Gasteiger partial charge in [0.05, 0.1) is 11.7 Å². The maximum absolute atomic E-state index is 13.0. The smallest absolute Gasteiger partial charge is 0.312 e. The summed E-state index contributed by atoms with van der Waals surface area (Å²) in [6.45, 7) is 1.67. The molecule has 0 saturated carbocycles. The van der Waals surface area contributed by atoms with E-state index in [4.69, 9.17) is 23.2 Å². The lowest BCUT2D eigenvalue weighted by Crippen LogP contribution is -2.47. The molecular weight excluding hydrogens is 359 g/mol. The summed E-state index contributed by atoms with van der Waals surface area (Å²) < 4.78 is 24.6. The Bertz CT molecular complexity index is 783. The van der Waals surface area contributed by atoms with E-state index in [0.717, 1.165) is 0 Å². The van der Waals surface area contributed by atoms with Gasteiger partial charge >= 0.3 is 5.97 Å². The summed E-state index contributed by atoms with van der Waals surface area (Å²) in [6, 6.07) is 4.57. The Morgan fingerprint density at radius 1 is 1.30 bits per heavy atom. The first-order valence-electron chi connectivity index (χ1n) is 6.98. The molecule has 1 aromatic carbocycles. The van der Waals surface area contributed by atoms with Crippen LogP contribution in [-0.4, -0.2) is 24.2 Å². The van der Waals surface area contributed by atoms with Crippen molar-refractivity contribution in [2.45, 2.75) is 23.8 Å². The molecule has 0 saturated heterocycles. The van der Waals surface area contributed by atoms with Crippen LogP contribution in [0.2, 0.25) is 10.0 Å². The van der Waals surface area contributed by atoms with E-state index < -0.39 is 26.5 Å². The second kappa shape index (κ2) is 6.67. The van der Waals surface area contributed by atoms with E-state index in [1.165, 1.54) is 18.2 Å². The summed E-state index contributed by atoms with van der Waals surface area (Å²) in [7, 11) is -3.82. The highest BCUT2D eigenvalue weighted by molar-refractivity contribution is 7.92. The Balaban J connectivity index is 2.49. The number of hydrogen-bond donors (Lipinski definition) is 1. The molecule has 1 N–H and O–H groups in total. The third-order valence-electron chi connectivity index (χ3n) is 4.08. The molecule has 1 aromatic rings. The molecule has 7 heteroatoms. The van der Waals surface area contributed by atoms with Crippen molar-refractivity contribution in [3.63, 3.8) is 0 Å². The second-order valence-electron chi connectivity index (χ2n) is 5.36. The summed E-state index contributed by atoms with van der Waals surface area (Å²) in [5.74, 6) is -2.65. The van der Waals surface area contributed by atoms with Crippen LogP contribution in [0.4, 0.5) is 0 Å². The summed E-state index contributed by atoms with van der Waals surface area (Å²) in [6.07, 6.45) is 6.15. The number of benzene rings is 1. The highest BCUT2D eigenvalue weighted by Crippen LogP contribution is 2.39. The van der Waals surface area contributed by atoms with Crippen molar-refractivity contribution in [3.05, 3.63) is 58.1 Å². The van der Waals surface area contributed by atoms with Crippen LogP contribution >= 0.6 is 23.2 Å². The predicted molar refractivity (Wildman–Crippen MR) is 91.5 cm³/mol. The largest absolute Gasteiger partial charge is 0.481 e. The first-order valence-corrected chi connectivity index (χ1v) is 9.39. The number of carboxylic acids is 1. The molecule has 2 atom stereocenters. The van der Waals surface area contributed by atoms with Crippen LogP contribution in [-0.2, 0) is 20.4 Å². The van der Waals surface area contributed by atoms with E-state index in [2.05, 4.69) is 0 Å². The fraction of sp³-hybridized carbons (Fsp3) is 0.312. The van der Waals surface area contributed by atoms with Gasteiger partial charge in [0.2, 0.25) is 0 Å². The molecule has 1 aliphatic rings. The van der Waals surface area contributed by atoms with Crippen molar-refractivity contribution >= 4 is 39.0 Å². The first-order chi connectivity index (χ1) is 10.7. The fourth-order valence-corrected chi connectivity index (χ4v) is 5.56. The SMILES string of the molecule is CCC1(S(=O)(=O)Cc2ccc(Cl)cc2Cl)C=CC=CC1C(=O)O. The van der Waals surface area contributed by atoms with Crippen molar-refractivity contribution in [3.8, 4) is 0 Å². The molecule has 0 bridgehead atoms. The normalized spacial score (nSPS) is 23.9. The van der Waals surface area contributed by atoms with Crippen LogP contribution in [0.1, 0.15) is 18.9 Å². The Kier molecular flexibility index (Phi) is 5.23. The van der Waals surface area contributed by atoms with Gasteiger partial charge in [-0.05, 0) is 24.1 Å². The van der Waals surface area contributed by atoms with Gasteiger partial charge in [0, 0.05) is 10.0 Å². The molecule has 2 unspecified atom stereocenters. The molecule has 0 aliphatic heterocycles. The molecule has 1 aliphatic carbocycles. The highest BCUT2D eigenvalue weighted by Gasteiger charge is 2.49. The maximum atomic E-state index is 13.0. The Hall–Kier alpha value is -1.30. The van der Waals surface area contributed by atoms with Crippen LogP contribution in [0.3, 0.4) is 0 Å². The van der Waals surface area contributed by atoms with E-state index in [9.17, 15) is 18.3 Å². The summed E-state index contributed by atoms with van der Waals surface area (Å²) in [5.41, 5.74) is 0.399. The molecule has 4 nitrogen and oxygen atoms in total. The van der Waals surface area contributed by atoms with Gasteiger partial charge in [-0.2, -0.15) is 0 Å². The summed E-state index contributed by atoms with van der Waals surface area (Å²) in [4.78, 5) is 11.5. The Morgan fingerprint density at radius 3 is 2.57 bits per heavy atom. The number of allylic oxidation sites excluding steroid dienone is 2. The number of carbonyl (C=O) groups is 1. The van der Waals surface area contributed by atoms with Crippen LogP contribution < -0.4 is 0 Å². The highest BCUT2D eigenvalue weighted by atomic mass is 35.5. The minimum atomic E-state index is -3.82. The van der Waals surface area contributed by atoms with Crippen molar-refractivity contribution in [2.75, 3.05) is 0 Å². The lowest BCUT2D eigenvalue weighted by molar-refractivity contribution is -0.140. The summed E-state index contributed by atoms with van der Waals surface area (Å²) in [5, 5.41) is 10.1. The molecule has 124 valence electrons. The third kappa shape index (κ3) is 3.32. The standard InChI is InChI=1S/C16H16Cl2O4S/c1-2-16(8-4-3-5-13(16)15(19)20)23(21,22)10-11-6-7-12(17)9-14(11)18/h3-9,13H,2,10H2,1H3,(H,19,20). The molecule has 0 spiro atoms. The van der Waals surface area contributed by atoms with Crippen LogP contribution in [0.5, 0.6) is 0 Å². The van der Waals surface area contributed by atoms with Gasteiger partial charge < -0.3 is 5.11 Å². The molecule has 0 aromatic heterocycles. The molecule has 2 rings (SSSR count). The predicted octanol–water partition coefficient (Wildman–Crippen LogP) is 3.88. The van der Waals surface area contributed by atoms with Crippen LogP contribution in [0, 0.1) is 5.92 Å². The Labute approximate surface area is 145 Å². The quantitative estimate of drug-likeness (QED) is 0.848. The number of sulfone groups is 1. The fourth-order valence-electron chi connectivity index (χ4n) is 2.78. The van der Waals surface area contributed by atoms with Gasteiger partial charge in [-0.1, -0.05) is 60.5 Å². The molecule has 0 amide bonds. The van der Waals surface area contributed by atoms with E-state index in [1.54, 1.807) is 31.2 Å². The lowest BCUT2D eigenvalue weighted by Gasteiger charge is -2.35. The number of aliphatic carboxylic acids is 1. The summed E-state index contributed by atoms with van der Waals surface area (Å²) >= 11 is 11.9. The van der Waals surface area contributed by atoms with E-state index in [0.29, 0.717) is 10.6 Å². The zero-order chi connectivity index (χ0) is 17.3. The zero-order valence-corrected chi connectivity index (χ0v) is 14.7. The maximum Gasteiger partial charge on any atom is 0.312 e. The third-order valence-corrected chi connectivity index (χ3v) is 7.19. The van der Waals surface area contributed by atoms with Crippen molar-refractivity contribution in [2.24, 2.45) is 5.92 Å². The van der Waals surface area contributed by atoms with Gasteiger partial charge in [0.15, 0.2) is 9.84 Å². The zero-order valence-electron chi connectivity index (χ0n) is 12.4. The number of hydrogen-bond acceptors (Lipinski definition) is 3. The van der Waals surface area contributed by atoms with E-state index in [1.807, 2.05) is 0 Å². The van der Waals surface area contributed by atoms with Crippen molar-refractivity contribution < 1.29 is 18.3 Å². The number of halogens is 2. The lowest BCUT2D eigenvalue weighted by atomic mass is 9.85. The molecule has 23 heavy (non-hydrogen) atoms.